The molecular formula is C8H16N2O2. The highest BCUT2D eigenvalue weighted by Gasteiger charge is 2.05. The molecule has 0 bridgehead atoms. The summed E-state index contributed by atoms with van der Waals surface area (Å²) >= 11 is 0. The summed E-state index contributed by atoms with van der Waals surface area (Å²) in [4.78, 5) is 14.6. The van der Waals surface area contributed by atoms with Crippen molar-refractivity contribution in [3.05, 3.63) is 11.9 Å². The second kappa shape index (κ2) is 4.64. The van der Waals surface area contributed by atoms with E-state index >= 15 is 0 Å². The topological polar surface area (TPSA) is 32.8 Å². The number of carbonyl (C=O) groups excluding carboxylic acids is 1. The molecule has 0 aliphatic carbocycles. The predicted molar refractivity (Wildman–Crippen MR) is 47.5 cm³/mol. The molecule has 0 saturated carbocycles. The molecule has 12 heavy (non-hydrogen) atoms. The van der Waals surface area contributed by atoms with Crippen molar-refractivity contribution in [3.8, 4) is 0 Å². The van der Waals surface area contributed by atoms with Gasteiger partial charge in [0.05, 0.1) is 13.2 Å². The number of ether oxygens (including phenoxy) is 1. The molecule has 0 fully saturated rings. The van der Waals surface area contributed by atoms with Crippen molar-refractivity contribution in [1.82, 2.24) is 9.80 Å². The van der Waals surface area contributed by atoms with Crippen LogP contribution in [0.3, 0.4) is 0 Å². The fraction of sp³-hybridized carbons (Fsp3) is 0.625. The van der Waals surface area contributed by atoms with E-state index in [1.54, 1.807) is 0 Å². The van der Waals surface area contributed by atoms with Crippen LogP contribution in [0.15, 0.2) is 11.9 Å². The van der Waals surface area contributed by atoms with Crippen LogP contribution in [0.5, 0.6) is 0 Å². The summed E-state index contributed by atoms with van der Waals surface area (Å²) in [6.07, 6.45) is 1.44. The van der Waals surface area contributed by atoms with Crippen molar-refractivity contribution in [2.45, 2.75) is 0 Å². The summed E-state index contributed by atoms with van der Waals surface area (Å²) in [5.41, 5.74) is 0. The van der Waals surface area contributed by atoms with Gasteiger partial charge in [-0.2, -0.15) is 0 Å². The van der Waals surface area contributed by atoms with Gasteiger partial charge in [-0.15, -0.1) is 0 Å². The molecule has 0 atom stereocenters. The Morgan fingerprint density at radius 2 is 1.58 bits per heavy atom. The molecule has 0 spiro atoms. The van der Waals surface area contributed by atoms with Crippen molar-refractivity contribution in [2.75, 3.05) is 35.3 Å². The van der Waals surface area contributed by atoms with Crippen LogP contribution >= 0.6 is 0 Å². The smallest absolute Gasteiger partial charge is 0.334 e. The molecule has 0 aliphatic rings. The maximum atomic E-state index is 10.9. The van der Waals surface area contributed by atoms with E-state index in [2.05, 4.69) is 4.74 Å². The molecule has 0 unspecified atom stereocenters. The van der Waals surface area contributed by atoms with Crippen LogP contribution in [0.4, 0.5) is 0 Å². The van der Waals surface area contributed by atoms with Crippen LogP contribution in [-0.4, -0.2) is 51.1 Å². The van der Waals surface area contributed by atoms with Gasteiger partial charge in [-0.25, -0.2) is 4.79 Å². The minimum Gasteiger partial charge on any atom is -0.466 e. The molecule has 0 aromatic heterocycles. The van der Waals surface area contributed by atoms with Crippen molar-refractivity contribution >= 4 is 5.97 Å². The molecule has 0 heterocycles. The molecule has 0 radical (unpaired) electrons. The van der Waals surface area contributed by atoms with Gasteiger partial charge in [0.15, 0.2) is 0 Å². The lowest BCUT2D eigenvalue weighted by atomic mass is 10.5. The number of carbonyl (C=O) groups is 1. The zero-order chi connectivity index (χ0) is 9.72. The van der Waals surface area contributed by atoms with Gasteiger partial charge >= 0.3 is 5.97 Å². The number of hydrogen-bond acceptors (Lipinski definition) is 4. The maximum Gasteiger partial charge on any atom is 0.334 e. The van der Waals surface area contributed by atoms with Gasteiger partial charge in [-0.05, 0) is 0 Å². The molecule has 4 heteroatoms. The van der Waals surface area contributed by atoms with Crippen LogP contribution in [0.1, 0.15) is 0 Å². The third kappa shape index (κ3) is 3.27. The number of rotatable bonds is 3. The van der Waals surface area contributed by atoms with Crippen LogP contribution in [-0.2, 0) is 9.53 Å². The van der Waals surface area contributed by atoms with Gasteiger partial charge in [0.25, 0.3) is 0 Å². The van der Waals surface area contributed by atoms with Gasteiger partial charge in [-0.1, -0.05) is 0 Å². The van der Waals surface area contributed by atoms with Crippen LogP contribution < -0.4 is 0 Å². The molecule has 70 valence electrons. The first-order valence-electron chi connectivity index (χ1n) is 3.63. The molecular weight excluding hydrogens is 156 g/mol. The van der Waals surface area contributed by atoms with Crippen molar-refractivity contribution in [3.63, 3.8) is 0 Å². The Morgan fingerprint density at radius 3 is 1.83 bits per heavy atom. The van der Waals surface area contributed by atoms with Crippen LogP contribution in [0.25, 0.3) is 0 Å². The second-order valence-corrected chi connectivity index (χ2v) is 2.81. The molecule has 0 rings (SSSR count). The van der Waals surface area contributed by atoms with E-state index in [9.17, 15) is 4.79 Å². The van der Waals surface area contributed by atoms with E-state index < -0.39 is 0 Å². The summed E-state index contributed by atoms with van der Waals surface area (Å²) in [5, 5.41) is 0. The molecule has 0 amide bonds. The first-order valence-corrected chi connectivity index (χ1v) is 3.63. The molecule has 0 aliphatic heterocycles. The van der Waals surface area contributed by atoms with Gasteiger partial charge < -0.3 is 14.5 Å². The van der Waals surface area contributed by atoms with E-state index in [4.69, 9.17) is 0 Å². The number of nitrogens with zero attached hydrogens (tertiary/aromatic N) is 2. The van der Waals surface area contributed by atoms with Gasteiger partial charge in [0.1, 0.15) is 5.82 Å². The Morgan fingerprint density at radius 1 is 1.17 bits per heavy atom. The SMILES string of the molecule is COC(=O)C=C(N(C)C)N(C)C. The standard InChI is InChI=1S/C8H16N2O2/c1-9(2)7(10(3)4)6-8(11)12-5/h6H,1-5H3. The summed E-state index contributed by atoms with van der Waals surface area (Å²) in [7, 11) is 8.84. The Balaban J connectivity index is 4.50. The largest absolute Gasteiger partial charge is 0.466 e. The number of esters is 1. The summed E-state index contributed by atoms with van der Waals surface area (Å²) in [6, 6.07) is 0. The summed E-state index contributed by atoms with van der Waals surface area (Å²) in [6.45, 7) is 0. The van der Waals surface area contributed by atoms with Gasteiger partial charge in [0.2, 0.25) is 0 Å². The van der Waals surface area contributed by atoms with E-state index in [-0.39, 0.29) is 5.97 Å². The van der Waals surface area contributed by atoms with Crippen molar-refractivity contribution in [2.24, 2.45) is 0 Å². The maximum absolute atomic E-state index is 10.9. The Bertz CT molecular complexity index is 175. The van der Waals surface area contributed by atoms with E-state index in [0.717, 1.165) is 5.82 Å². The highest BCUT2D eigenvalue weighted by atomic mass is 16.5. The summed E-state index contributed by atoms with van der Waals surface area (Å²) in [5.74, 6) is 0.467. The average Bonchev–Trinajstić information content (AvgIpc) is 1.98. The molecule has 0 aromatic rings. The highest BCUT2D eigenvalue weighted by molar-refractivity contribution is 5.82. The Hall–Kier alpha value is -1.19. The summed E-state index contributed by atoms with van der Waals surface area (Å²) < 4.78 is 4.51. The molecule has 0 aromatic carbocycles. The van der Waals surface area contributed by atoms with Gasteiger partial charge in [-0.3, -0.25) is 0 Å². The fourth-order valence-corrected chi connectivity index (χ4v) is 0.823. The van der Waals surface area contributed by atoms with E-state index in [0.29, 0.717) is 0 Å². The zero-order valence-corrected chi connectivity index (χ0v) is 8.29. The monoisotopic (exact) mass is 172 g/mol. The van der Waals surface area contributed by atoms with Crippen LogP contribution in [0, 0.1) is 0 Å². The van der Waals surface area contributed by atoms with E-state index in [1.165, 1.54) is 13.2 Å². The predicted octanol–water partition coefficient (Wildman–Crippen LogP) is 0.124. The van der Waals surface area contributed by atoms with E-state index in [1.807, 2.05) is 38.0 Å². The normalized spacial score (nSPS) is 8.75. The molecule has 0 N–H and O–H groups in total. The first kappa shape index (κ1) is 10.8. The Labute approximate surface area is 73.4 Å². The third-order valence-electron chi connectivity index (χ3n) is 1.36. The first-order chi connectivity index (χ1) is 5.49. The minimum absolute atomic E-state index is 0.340. The average molecular weight is 172 g/mol. The quantitative estimate of drug-likeness (QED) is 0.447. The number of hydrogen-bond donors (Lipinski definition) is 0. The highest BCUT2D eigenvalue weighted by Crippen LogP contribution is 2.01. The van der Waals surface area contributed by atoms with Crippen molar-refractivity contribution < 1.29 is 9.53 Å². The lowest BCUT2D eigenvalue weighted by molar-refractivity contribution is -0.135. The third-order valence-corrected chi connectivity index (χ3v) is 1.36. The minimum atomic E-state index is -0.340. The molecule has 4 nitrogen and oxygen atoms in total. The lowest BCUT2D eigenvalue weighted by Gasteiger charge is -2.23. The zero-order valence-electron chi connectivity index (χ0n) is 8.29. The fourth-order valence-electron chi connectivity index (χ4n) is 0.823. The Kier molecular flexibility index (Phi) is 4.18. The molecule has 0 saturated heterocycles. The van der Waals surface area contributed by atoms with Crippen LogP contribution in [0.2, 0.25) is 0 Å². The lowest BCUT2D eigenvalue weighted by Crippen LogP contribution is -2.25. The number of methoxy groups -OCH3 is 1. The van der Waals surface area contributed by atoms with Crippen molar-refractivity contribution in [1.29, 1.82) is 0 Å². The second-order valence-electron chi connectivity index (χ2n) is 2.81. The van der Waals surface area contributed by atoms with Gasteiger partial charge in [0, 0.05) is 28.2 Å².